The lowest BCUT2D eigenvalue weighted by Crippen LogP contribution is -2.45. The van der Waals surface area contributed by atoms with E-state index in [0.29, 0.717) is 22.2 Å². The Bertz CT molecular complexity index is 982. The van der Waals surface area contributed by atoms with E-state index in [1.54, 1.807) is 12.1 Å². The number of nitrogens with one attached hydrogen (secondary N) is 1. The maximum atomic E-state index is 12.7. The largest absolute Gasteiger partial charge is 0.493 e. The number of ether oxygens (including phenoxy) is 2. The third-order valence-electron chi connectivity index (χ3n) is 3.90. The van der Waals surface area contributed by atoms with Crippen LogP contribution < -0.4 is 19.1 Å². The van der Waals surface area contributed by atoms with Gasteiger partial charge in [-0.2, -0.15) is 0 Å². The Hall–Kier alpha value is -2.16. The predicted molar refractivity (Wildman–Crippen MR) is 111 cm³/mol. The molecule has 2 aromatic rings. The highest BCUT2D eigenvalue weighted by Gasteiger charge is 2.30. The summed E-state index contributed by atoms with van der Waals surface area (Å²) in [6, 6.07) is 8.12. The van der Waals surface area contributed by atoms with Gasteiger partial charge < -0.3 is 14.8 Å². The molecule has 0 aliphatic heterocycles. The highest BCUT2D eigenvalue weighted by Crippen LogP contribution is 2.33. The smallest absolute Gasteiger partial charge is 0.247 e. The summed E-state index contributed by atoms with van der Waals surface area (Å²) in [5, 5.41) is 3.25. The third-order valence-corrected chi connectivity index (χ3v) is 5.88. The van der Waals surface area contributed by atoms with E-state index < -0.39 is 22.0 Å². The van der Waals surface area contributed by atoms with Crippen LogP contribution in [0.4, 0.5) is 11.4 Å². The number of hydrogen-bond acceptors (Lipinski definition) is 5. The topological polar surface area (TPSA) is 84.9 Å². The second kappa shape index (κ2) is 8.89. The molecule has 10 heteroatoms. The van der Waals surface area contributed by atoms with Crippen molar-refractivity contribution in [3.63, 3.8) is 0 Å². The molecule has 1 atom stereocenters. The molecule has 0 aromatic heterocycles. The zero-order valence-electron chi connectivity index (χ0n) is 15.7. The molecule has 0 aliphatic rings. The van der Waals surface area contributed by atoms with E-state index >= 15 is 0 Å². The van der Waals surface area contributed by atoms with Gasteiger partial charge in [-0.25, -0.2) is 8.42 Å². The first-order chi connectivity index (χ1) is 13.1. The summed E-state index contributed by atoms with van der Waals surface area (Å²) in [7, 11) is -0.876. The Morgan fingerprint density at radius 2 is 1.68 bits per heavy atom. The highest BCUT2D eigenvalue weighted by atomic mass is 35.5. The van der Waals surface area contributed by atoms with Crippen molar-refractivity contribution in [3.8, 4) is 11.5 Å². The molecule has 0 bridgehead atoms. The quantitative estimate of drug-likeness (QED) is 0.698. The molecule has 28 heavy (non-hydrogen) atoms. The molecule has 152 valence electrons. The molecule has 0 saturated heterocycles. The fraction of sp³-hybridized carbons (Fsp3) is 0.278. The SMILES string of the molecule is COc1ccc(N([C@@H](C)C(=O)Nc2ccc(Cl)c(Cl)c2)S(C)(=O)=O)cc1OC. The lowest BCUT2D eigenvalue weighted by Gasteiger charge is -2.28. The number of nitrogens with zero attached hydrogens (tertiary/aromatic N) is 1. The van der Waals surface area contributed by atoms with Crippen LogP contribution in [0.5, 0.6) is 11.5 Å². The summed E-state index contributed by atoms with van der Waals surface area (Å²) in [6.45, 7) is 1.48. The van der Waals surface area contributed by atoms with E-state index in [-0.39, 0.29) is 10.7 Å². The minimum atomic E-state index is -3.78. The number of rotatable bonds is 7. The van der Waals surface area contributed by atoms with Crippen LogP contribution in [-0.4, -0.2) is 40.8 Å². The summed E-state index contributed by atoms with van der Waals surface area (Å²) in [5.41, 5.74) is 0.656. The molecule has 7 nitrogen and oxygen atoms in total. The molecular weight excluding hydrogens is 427 g/mol. The van der Waals surface area contributed by atoms with Gasteiger partial charge in [0.05, 0.1) is 36.2 Å². The number of sulfonamides is 1. The monoisotopic (exact) mass is 446 g/mol. The van der Waals surface area contributed by atoms with E-state index in [1.807, 2.05) is 0 Å². The minimum Gasteiger partial charge on any atom is -0.493 e. The zero-order valence-corrected chi connectivity index (χ0v) is 18.0. The average molecular weight is 447 g/mol. The normalized spacial score (nSPS) is 12.2. The number of hydrogen-bond donors (Lipinski definition) is 1. The molecule has 0 fully saturated rings. The average Bonchev–Trinajstić information content (AvgIpc) is 2.63. The van der Waals surface area contributed by atoms with Crippen LogP contribution in [0.2, 0.25) is 10.0 Å². The number of methoxy groups -OCH3 is 2. The molecule has 2 rings (SSSR count). The van der Waals surface area contributed by atoms with Crippen LogP contribution in [0.15, 0.2) is 36.4 Å². The van der Waals surface area contributed by atoms with Crippen molar-refractivity contribution in [3.05, 3.63) is 46.4 Å². The van der Waals surface area contributed by atoms with Gasteiger partial charge in [0.1, 0.15) is 6.04 Å². The van der Waals surface area contributed by atoms with Gasteiger partial charge in [-0.1, -0.05) is 23.2 Å². The number of anilines is 2. The van der Waals surface area contributed by atoms with Crippen LogP contribution in [0.3, 0.4) is 0 Å². The number of carbonyl (C=O) groups is 1. The van der Waals surface area contributed by atoms with E-state index in [1.165, 1.54) is 45.4 Å². The first-order valence-corrected chi connectivity index (χ1v) is 10.7. The molecule has 1 amide bonds. The summed E-state index contributed by atoms with van der Waals surface area (Å²) in [4.78, 5) is 12.7. The van der Waals surface area contributed by atoms with E-state index in [9.17, 15) is 13.2 Å². The fourth-order valence-corrected chi connectivity index (χ4v) is 4.06. The van der Waals surface area contributed by atoms with Crippen molar-refractivity contribution in [1.82, 2.24) is 0 Å². The first-order valence-electron chi connectivity index (χ1n) is 8.05. The zero-order chi connectivity index (χ0) is 21.1. The van der Waals surface area contributed by atoms with Gasteiger partial charge in [0.2, 0.25) is 15.9 Å². The molecule has 1 N–H and O–H groups in total. The molecule has 0 heterocycles. The third kappa shape index (κ3) is 5.01. The van der Waals surface area contributed by atoms with Gasteiger partial charge in [-0.05, 0) is 37.3 Å². The van der Waals surface area contributed by atoms with Crippen molar-refractivity contribution in [1.29, 1.82) is 0 Å². The van der Waals surface area contributed by atoms with Gasteiger partial charge in [-0.15, -0.1) is 0 Å². The lowest BCUT2D eigenvalue weighted by molar-refractivity contribution is -0.116. The predicted octanol–water partition coefficient (Wildman–Crippen LogP) is 3.80. The van der Waals surface area contributed by atoms with Gasteiger partial charge in [0, 0.05) is 11.8 Å². The molecular formula is C18H20Cl2N2O5S. The van der Waals surface area contributed by atoms with Crippen molar-refractivity contribution in [2.45, 2.75) is 13.0 Å². The molecule has 0 spiro atoms. The van der Waals surface area contributed by atoms with Gasteiger partial charge in [0.15, 0.2) is 11.5 Å². The highest BCUT2D eigenvalue weighted by molar-refractivity contribution is 7.92. The fourth-order valence-electron chi connectivity index (χ4n) is 2.59. The number of carbonyl (C=O) groups excluding carboxylic acids is 1. The van der Waals surface area contributed by atoms with Crippen molar-refractivity contribution < 1.29 is 22.7 Å². The first kappa shape index (κ1) is 22.1. The maximum Gasteiger partial charge on any atom is 0.247 e. The van der Waals surface area contributed by atoms with Gasteiger partial charge in [-0.3, -0.25) is 9.10 Å². The number of halogens is 2. The van der Waals surface area contributed by atoms with Crippen molar-refractivity contribution in [2.24, 2.45) is 0 Å². The summed E-state index contributed by atoms with van der Waals surface area (Å²) in [6.07, 6.45) is 1.02. The Morgan fingerprint density at radius 1 is 1.04 bits per heavy atom. The van der Waals surface area contributed by atoms with Crippen LogP contribution >= 0.6 is 23.2 Å². The second-order valence-electron chi connectivity index (χ2n) is 5.89. The van der Waals surface area contributed by atoms with Gasteiger partial charge >= 0.3 is 0 Å². The van der Waals surface area contributed by atoms with E-state index in [0.717, 1.165) is 10.6 Å². The summed E-state index contributed by atoms with van der Waals surface area (Å²) < 4.78 is 36.2. The van der Waals surface area contributed by atoms with Crippen molar-refractivity contribution in [2.75, 3.05) is 30.1 Å². The van der Waals surface area contributed by atoms with Crippen LogP contribution in [0.1, 0.15) is 6.92 Å². The Balaban J connectivity index is 2.37. The minimum absolute atomic E-state index is 0.261. The Labute approximate surface area is 174 Å². The number of benzene rings is 2. The number of amides is 1. The van der Waals surface area contributed by atoms with Crippen LogP contribution in [0.25, 0.3) is 0 Å². The maximum absolute atomic E-state index is 12.7. The molecule has 0 radical (unpaired) electrons. The molecule has 2 aromatic carbocycles. The molecule has 0 saturated carbocycles. The second-order valence-corrected chi connectivity index (χ2v) is 8.57. The summed E-state index contributed by atoms with van der Waals surface area (Å²) >= 11 is 11.8. The molecule has 0 aliphatic carbocycles. The summed E-state index contributed by atoms with van der Waals surface area (Å²) in [5.74, 6) is 0.233. The van der Waals surface area contributed by atoms with E-state index in [4.69, 9.17) is 32.7 Å². The lowest BCUT2D eigenvalue weighted by atomic mass is 10.2. The Morgan fingerprint density at radius 3 is 2.21 bits per heavy atom. The van der Waals surface area contributed by atoms with Crippen molar-refractivity contribution >= 4 is 50.5 Å². The Kier molecular flexibility index (Phi) is 7.03. The van der Waals surface area contributed by atoms with E-state index in [2.05, 4.69) is 5.32 Å². The molecule has 0 unspecified atom stereocenters. The standard InChI is InChI=1S/C18H20Cl2N2O5S/c1-11(18(23)21-12-5-7-14(19)15(20)9-12)22(28(4,24)25)13-6-8-16(26-2)17(10-13)27-3/h5-11H,1-4H3,(H,21,23)/t11-/m0/s1. The van der Waals surface area contributed by atoms with Crippen LogP contribution in [0, 0.1) is 0 Å². The van der Waals surface area contributed by atoms with Crippen LogP contribution in [-0.2, 0) is 14.8 Å². The van der Waals surface area contributed by atoms with Gasteiger partial charge in [0.25, 0.3) is 0 Å².